The molecule has 1 aromatic heterocycles. The first-order valence-electron chi connectivity index (χ1n) is 6.49. The molecule has 17 heavy (non-hydrogen) atoms. The van der Waals surface area contributed by atoms with Crippen molar-refractivity contribution in [2.45, 2.75) is 56.6 Å². The van der Waals surface area contributed by atoms with Gasteiger partial charge in [0.25, 0.3) is 0 Å². The number of rotatable bonds is 3. The number of aromatic amines is 1. The van der Waals surface area contributed by atoms with Gasteiger partial charge in [-0.15, -0.1) is 0 Å². The molecule has 4 nitrogen and oxygen atoms in total. The summed E-state index contributed by atoms with van der Waals surface area (Å²) >= 11 is 5.37. The smallest absolute Gasteiger partial charge is 0.195 e. The molecule has 0 aromatic carbocycles. The Morgan fingerprint density at radius 3 is 2.71 bits per heavy atom. The summed E-state index contributed by atoms with van der Waals surface area (Å²) in [5.41, 5.74) is 0. The molecule has 0 spiro atoms. The van der Waals surface area contributed by atoms with Crippen molar-refractivity contribution in [3.8, 4) is 0 Å². The van der Waals surface area contributed by atoms with Crippen LogP contribution in [0.5, 0.6) is 0 Å². The minimum atomic E-state index is 0.419. The maximum Gasteiger partial charge on any atom is 0.195 e. The Hall–Kier alpha value is -0.680. The molecule has 2 fully saturated rings. The normalized spacial score (nSPS) is 29.5. The van der Waals surface area contributed by atoms with Gasteiger partial charge in [0, 0.05) is 19.1 Å². The van der Waals surface area contributed by atoms with E-state index in [4.69, 9.17) is 17.0 Å². The van der Waals surface area contributed by atoms with Gasteiger partial charge in [-0.25, -0.2) is 0 Å². The Bertz CT molecular complexity index is 441. The maximum atomic E-state index is 5.37. The van der Waals surface area contributed by atoms with Crippen LogP contribution in [0.2, 0.25) is 0 Å². The molecule has 1 heterocycles. The largest absolute Gasteiger partial charge is 0.381 e. The fourth-order valence-corrected chi connectivity index (χ4v) is 3.38. The predicted molar refractivity (Wildman–Crippen MR) is 67.7 cm³/mol. The number of hydrogen-bond donors (Lipinski definition) is 1. The van der Waals surface area contributed by atoms with Gasteiger partial charge in [-0.05, 0) is 37.9 Å². The Morgan fingerprint density at radius 2 is 2.06 bits per heavy atom. The fraction of sp³-hybridized carbons (Fsp3) is 0.833. The number of aromatic nitrogens is 3. The van der Waals surface area contributed by atoms with E-state index in [2.05, 4.69) is 14.8 Å². The van der Waals surface area contributed by atoms with Crippen LogP contribution in [0.4, 0.5) is 0 Å². The number of ether oxygens (including phenoxy) is 1. The molecule has 1 aromatic rings. The molecule has 0 unspecified atom stereocenters. The predicted octanol–water partition coefficient (Wildman–Crippen LogP) is 2.95. The quantitative estimate of drug-likeness (QED) is 0.842. The minimum absolute atomic E-state index is 0.419. The van der Waals surface area contributed by atoms with Crippen molar-refractivity contribution in [1.82, 2.24) is 14.8 Å². The summed E-state index contributed by atoms with van der Waals surface area (Å²) in [7, 11) is 1.79. The fourth-order valence-electron chi connectivity index (χ4n) is 3.09. The van der Waals surface area contributed by atoms with Gasteiger partial charge in [0.05, 0.1) is 6.10 Å². The highest BCUT2D eigenvalue weighted by Crippen LogP contribution is 2.40. The number of nitrogens with one attached hydrogen (secondary N) is 1. The number of nitrogens with zero attached hydrogens (tertiary/aromatic N) is 2. The number of hydrogen-bond acceptors (Lipinski definition) is 3. The Kier molecular flexibility index (Phi) is 3.04. The van der Waals surface area contributed by atoms with Gasteiger partial charge >= 0.3 is 0 Å². The van der Waals surface area contributed by atoms with Crippen LogP contribution in [0.3, 0.4) is 0 Å². The van der Waals surface area contributed by atoms with E-state index < -0.39 is 0 Å². The first-order valence-corrected chi connectivity index (χ1v) is 6.90. The van der Waals surface area contributed by atoms with E-state index in [9.17, 15) is 0 Å². The summed E-state index contributed by atoms with van der Waals surface area (Å²) in [5.74, 6) is 1.70. The monoisotopic (exact) mass is 253 g/mol. The standard InChI is InChI=1S/C12H19N3OS/c1-16-10-6-8(7-10)11-13-14-12(17)15(11)9-4-2-3-5-9/h8-10H,2-7H2,1H3,(H,14,17). The molecule has 2 saturated carbocycles. The third kappa shape index (κ3) is 1.95. The van der Waals surface area contributed by atoms with Gasteiger partial charge in [0.15, 0.2) is 4.77 Å². The van der Waals surface area contributed by atoms with Crippen molar-refractivity contribution in [2.75, 3.05) is 7.11 Å². The lowest BCUT2D eigenvalue weighted by atomic mass is 9.81. The average molecular weight is 253 g/mol. The van der Waals surface area contributed by atoms with Gasteiger partial charge in [0.1, 0.15) is 5.82 Å². The second kappa shape index (κ2) is 4.53. The van der Waals surface area contributed by atoms with E-state index in [1.54, 1.807) is 7.11 Å². The summed E-state index contributed by atoms with van der Waals surface area (Å²) in [4.78, 5) is 0. The summed E-state index contributed by atoms with van der Waals surface area (Å²) in [6.45, 7) is 0. The van der Waals surface area contributed by atoms with Crippen LogP contribution in [0.25, 0.3) is 0 Å². The zero-order valence-corrected chi connectivity index (χ0v) is 11.0. The van der Waals surface area contributed by atoms with E-state index in [1.165, 1.54) is 25.7 Å². The molecule has 0 saturated heterocycles. The van der Waals surface area contributed by atoms with Crippen molar-refractivity contribution in [2.24, 2.45) is 0 Å². The van der Waals surface area contributed by atoms with Crippen molar-refractivity contribution in [1.29, 1.82) is 0 Å². The van der Waals surface area contributed by atoms with Crippen molar-refractivity contribution >= 4 is 12.2 Å². The van der Waals surface area contributed by atoms with Crippen molar-refractivity contribution < 1.29 is 4.74 Å². The summed E-state index contributed by atoms with van der Waals surface area (Å²) in [6, 6.07) is 0.581. The second-order valence-corrected chi connectivity index (χ2v) is 5.61. The molecule has 0 atom stereocenters. The molecule has 0 radical (unpaired) electrons. The molecule has 94 valence electrons. The number of methoxy groups -OCH3 is 1. The van der Waals surface area contributed by atoms with E-state index in [-0.39, 0.29) is 0 Å². The Morgan fingerprint density at radius 1 is 1.35 bits per heavy atom. The molecular weight excluding hydrogens is 234 g/mol. The van der Waals surface area contributed by atoms with Gasteiger partial charge in [-0.1, -0.05) is 12.8 Å². The molecule has 0 amide bonds. The zero-order chi connectivity index (χ0) is 11.8. The van der Waals surface area contributed by atoms with Gasteiger partial charge in [-0.2, -0.15) is 5.10 Å². The zero-order valence-electron chi connectivity index (χ0n) is 10.2. The highest BCUT2D eigenvalue weighted by atomic mass is 32.1. The van der Waals surface area contributed by atoms with Gasteiger partial charge in [-0.3, -0.25) is 5.10 Å². The summed E-state index contributed by atoms with van der Waals surface area (Å²) in [5, 5.41) is 7.41. The van der Waals surface area contributed by atoms with E-state index in [0.29, 0.717) is 18.1 Å². The van der Waals surface area contributed by atoms with Crippen molar-refractivity contribution in [3.05, 3.63) is 10.6 Å². The van der Waals surface area contributed by atoms with E-state index in [1.807, 2.05) is 0 Å². The molecular formula is C12H19N3OS. The molecule has 5 heteroatoms. The van der Waals surface area contributed by atoms with Crippen LogP contribution in [0.15, 0.2) is 0 Å². The Balaban J connectivity index is 1.83. The van der Waals surface area contributed by atoms with Crippen LogP contribution in [0.1, 0.15) is 56.3 Å². The van der Waals surface area contributed by atoms with Gasteiger partial charge < -0.3 is 9.30 Å². The van der Waals surface area contributed by atoms with Crippen LogP contribution >= 0.6 is 12.2 Å². The molecule has 3 rings (SSSR count). The lowest BCUT2D eigenvalue weighted by molar-refractivity contribution is 0.0223. The Labute approximate surface area is 106 Å². The van der Waals surface area contributed by atoms with Crippen molar-refractivity contribution in [3.63, 3.8) is 0 Å². The molecule has 1 N–H and O–H groups in total. The highest BCUT2D eigenvalue weighted by molar-refractivity contribution is 7.71. The molecule has 0 bridgehead atoms. The summed E-state index contributed by atoms with van der Waals surface area (Å²) in [6.07, 6.45) is 7.74. The third-order valence-corrected chi connectivity index (χ3v) is 4.50. The highest BCUT2D eigenvalue weighted by Gasteiger charge is 2.35. The van der Waals surface area contributed by atoms with Crippen LogP contribution in [-0.2, 0) is 4.74 Å². The topological polar surface area (TPSA) is 42.8 Å². The first-order chi connectivity index (χ1) is 8.29. The SMILES string of the molecule is COC1CC(c2n[nH]c(=S)n2C2CCCC2)C1. The number of H-pyrrole nitrogens is 1. The lowest BCUT2D eigenvalue weighted by Crippen LogP contribution is -2.31. The van der Waals surface area contributed by atoms with Crippen LogP contribution < -0.4 is 0 Å². The average Bonchev–Trinajstić information content (AvgIpc) is 2.86. The lowest BCUT2D eigenvalue weighted by Gasteiger charge is -2.34. The molecule has 0 aliphatic heterocycles. The van der Waals surface area contributed by atoms with Crippen LogP contribution in [0, 0.1) is 4.77 Å². The molecule has 2 aliphatic carbocycles. The summed E-state index contributed by atoms with van der Waals surface area (Å²) < 4.78 is 8.41. The van der Waals surface area contributed by atoms with E-state index >= 15 is 0 Å². The van der Waals surface area contributed by atoms with Crippen LogP contribution in [-0.4, -0.2) is 28.0 Å². The first kappa shape index (κ1) is 11.4. The second-order valence-electron chi connectivity index (χ2n) is 5.22. The molecule has 2 aliphatic rings. The van der Waals surface area contributed by atoms with Gasteiger partial charge in [0.2, 0.25) is 0 Å². The third-order valence-electron chi connectivity index (χ3n) is 4.21. The maximum absolute atomic E-state index is 5.37. The van der Waals surface area contributed by atoms with E-state index in [0.717, 1.165) is 23.4 Å². The minimum Gasteiger partial charge on any atom is -0.381 e.